The molecule has 0 aromatic heterocycles. The second-order valence-corrected chi connectivity index (χ2v) is 6.03. The topological polar surface area (TPSA) is 61.8 Å². The van der Waals surface area contributed by atoms with Gasteiger partial charge in [0.25, 0.3) is 0 Å². The van der Waals surface area contributed by atoms with Gasteiger partial charge in [0.2, 0.25) is 0 Å². The van der Waals surface area contributed by atoms with E-state index in [4.69, 9.17) is 4.74 Å². The highest BCUT2D eigenvalue weighted by Gasteiger charge is 2.42. The first-order chi connectivity index (χ1) is 9.03. The van der Waals surface area contributed by atoms with E-state index >= 15 is 0 Å². The Hall–Kier alpha value is -0.650. The van der Waals surface area contributed by atoms with E-state index in [2.05, 4.69) is 24.1 Å². The number of nitrogens with one attached hydrogen (secondary N) is 1. The minimum absolute atomic E-state index is 0.194. The SMILES string of the molecule is CC(C)N1CCC(NCC2CCCO2)(C(=O)O)CC1. The zero-order valence-corrected chi connectivity index (χ0v) is 12.0. The molecule has 2 heterocycles. The first-order valence-corrected chi connectivity index (χ1v) is 7.37. The van der Waals surface area contributed by atoms with Crippen LogP contribution in [-0.2, 0) is 9.53 Å². The number of aliphatic carboxylic acids is 1. The lowest BCUT2D eigenvalue weighted by molar-refractivity contribution is -0.147. The molecule has 2 rings (SSSR count). The summed E-state index contributed by atoms with van der Waals surface area (Å²) in [4.78, 5) is 14.0. The van der Waals surface area contributed by atoms with Gasteiger partial charge in [-0.3, -0.25) is 10.1 Å². The van der Waals surface area contributed by atoms with Gasteiger partial charge in [-0.05, 0) is 39.5 Å². The van der Waals surface area contributed by atoms with Gasteiger partial charge in [0.05, 0.1) is 6.10 Å². The van der Waals surface area contributed by atoms with Crippen molar-refractivity contribution >= 4 is 5.97 Å². The third-order valence-corrected chi connectivity index (χ3v) is 4.48. The molecule has 0 spiro atoms. The first kappa shape index (κ1) is 14.8. The van der Waals surface area contributed by atoms with Gasteiger partial charge in [0.1, 0.15) is 5.54 Å². The standard InChI is InChI=1S/C14H26N2O3/c1-11(2)16-7-5-14(6-8-16,13(17)18)15-10-12-4-3-9-19-12/h11-12,15H,3-10H2,1-2H3,(H,17,18). The van der Waals surface area contributed by atoms with Crippen LogP contribution in [0.25, 0.3) is 0 Å². The normalized spacial score (nSPS) is 27.8. The Morgan fingerprint density at radius 1 is 1.47 bits per heavy atom. The van der Waals surface area contributed by atoms with Crippen LogP contribution in [0.1, 0.15) is 39.5 Å². The van der Waals surface area contributed by atoms with Crippen LogP contribution in [0.4, 0.5) is 0 Å². The number of nitrogens with zero attached hydrogens (tertiary/aromatic N) is 1. The van der Waals surface area contributed by atoms with E-state index < -0.39 is 11.5 Å². The Bertz CT molecular complexity index is 306. The Balaban J connectivity index is 1.89. The first-order valence-electron chi connectivity index (χ1n) is 7.37. The van der Waals surface area contributed by atoms with E-state index in [0.717, 1.165) is 32.5 Å². The second-order valence-electron chi connectivity index (χ2n) is 6.03. The van der Waals surface area contributed by atoms with Crippen LogP contribution in [-0.4, -0.2) is 59.9 Å². The Labute approximate surface area is 115 Å². The molecular formula is C14H26N2O3. The molecule has 0 aliphatic carbocycles. The molecule has 5 heteroatoms. The van der Waals surface area contributed by atoms with E-state index in [-0.39, 0.29) is 6.10 Å². The number of likely N-dealkylation sites (tertiary alicyclic amines) is 1. The number of carboxylic acid groups (broad SMARTS) is 1. The van der Waals surface area contributed by atoms with Gasteiger partial charge in [-0.25, -0.2) is 0 Å². The highest BCUT2D eigenvalue weighted by Crippen LogP contribution is 2.24. The summed E-state index contributed by atoms with van der Waals surface area (Å²) >= 11 is 0. The lowest BCUT2D eigenvalue weighted by Crippen LogP contribution is -2.60. The number of piperidine rings is 1. The predicted molar refractivity (Wildman–Crippen MR) is 73.3 cm³/mol. The maximum absolute atomic E-state index is 11.6. The van der Waals surface area contributed by atoms with Crippen LogP contribution in [0.2, 0.25) is 0 Å². The van der Waals surface area contributed by atoms with Crippen molar-refractivity contribution in [3.8, 4) is 0 Å². The average Bonchev–Trinajstić information content (AvgIpc) is 2.89. The zero-order chi connectivity index (χ0) is 13.9. The lowest BCUT2D eigenvalue weighted by Gasteiger charge is -2.41. The summed E-state index contributed by atoms with van der Waals surface area (Å²) in [7, 11) is 0. The van der Waals surface area contributed by atoms with E-state index in [0.29, 0.717) is 25.4 Å². The molecule has 2 saturated heterocycles. The summed E-state index contributed by atoms with van der Waals surface area (Å²) in [5.41, 5.74) is -0.753. The quantitative estimate of drug-likeness (QED) is 0.783. The summed E-state index contributed by atoms with van der Waals surface area (Å²) in [6.07, 6.45) is 3.67. The maximum atomic E-state index is 11.6. The molecule has 2 N–H and O–H groups in total. The van der Waals surface area contributed by atoms with Gasteiger partial charge in [0, 0.05) is 32.3 Å². The molecule has 5 nitrogen and oxygen atoms in total. The van der Waals surface area contributed by atoms with Crippen LogP contribution in [0.3, 0.4) is 0 Å². The Kier molecular flexibility index (Phi) is 4.81. The molecule has 0 saturated carbocycles. The maximum Gasteiger partial charge on any atom is 0.323 e. The fourth-order valence-corrected chi connectivity index (χ4v) is 3.00. The number of carbonyl (C=O) groups is 1. The third kappa shape index (κ3) is 3.46. The molecule has 0 amide bonds. The van der Waals surface area contributed by atoms with Crippen molar-refractivity contribution in [1.82, 2.24) is 10.2 Å². The van der Waals surface area contributed by atoms with Crippen molar-refractivity contribution in [2.45, 2.75) is 57.2 Å². The fourth-order valence-electron chi connectivity index (χ4n) is 3.00. The van der Waals surface area contributed by atoms with Crippen molar-refractivity contribution < 1.29 is 14.6 Å². The number of hydrogen-bond acceptors (Lipinski definition) is 4. The summed E-state index contributed by atoms with van der Waals surface area (Å²) in [6.45, 7) is 7.49. The number of carboxylic acids is 1. The molecule has 0 aromatic rings. The predicted octanol–water partition coefficient (Wildman–Crippen LogP) is 1.08. The zero-order valence-electron chi connectivity index (χ0n) is 12.0. The third-order valence-electron chi connectivity index (χ3n) is 4.48. The highest BCUT2D eigenvalue weighted by atomic mass is 16.5. The fraction of sp³-hybridized carbons (Fsp3) is 0.929. The van der Waals surface area contributed by atoms with E-state index in [1.165, 1.54) is 0 Å². The largest absolute Gasteiger partial charge is 0.480 e. The molecule has 0 radical (unpaired) electrons. The molecule has 1 atom stereocenters. The van der Waals surface area contributed by atoms with Gasteiger partial charge in [-0.2, -0.15) is 0 Å². The van der Waals surface area contributed by atoms with Crippen LogP contribution >= 0.6 is 0 Å². The average molecular weight is 270 g/mol. The van der Waals surface area contributed by atoms with Crippen molar-refractivity contribution in [1.29, 1.82) is 0 Å². The van der Waals surface area contributed by atoms with Gasteiger partial charge < -0.3 is 14.7 Å². The van der Waals surface area contributed by atoms with Gasteiger partial charge in [0.15, 0.2) is 0 Å². The van der Waals surface area contributed by atoms with Crippen molar-refractivity contribution in [2.75, 3.05) is 26.2 Å². The van der Waals surface area contributed by atoms with Crippen LogP contribution < -0.4 is 5.32 Å². The summed E-state index contributed by atoms with van der Waals surface area (Å²) in [5.74, 6) is -0.714. The van der Waals surface area contributed by atoms with Crippen LogP contribution in [0.5, 0.6) is 0 Å². The lowest BCUT2D eigenvalue weighted by atomic mass is 9.86. The molecular weight excluding hydrogens is 244 g/mol. The molecule has 2 aliphatic heterocycles. The minimum atomic E-state index is -0.753. The van der Waals surface area contributed by atoms with Crippen molar-refractivity contribution in [3.05, 3.63) is 0 Å². The monoisotopic (exact) mass is 270 g/mol. The van der Waals surface area contributed by atoms with Crippen molar-refractivity contribution in [2.24, 2.45) is 0 Å². The van der Waals surface area contributed by atoms with Crippen LogP contribution in [0.15, 0.2) is 0 Å². The van der Waals surface area contributed by atoms with Gasteiger partial charge in [-0.1, -0.05) is 0 Å². The second kappa shape index (κ2) is 6.20. The number of hydrogen-bond donors (Lipinski definition) is 2. The summed E-state index contributed by atoms with van der Waals surface area (Å²) in [5, 5.41) is 12.9. The molecule has 0 bridgehead atoms. The molecule has 2 fully saturated rings. The van der Waals surface area contributed by atoms with Crippen molar-refractivity contribution in [3.63, 3.8) is 0 Å². The summed E-state index contributed by atoms with van der Waals surface area (Å²) < 4.78 is 5.56. The molecule has 19 heavy (non-hydrogen) atoms. The Morgan fingerprint density at radius 2 is 2.16 bits per heavy atom. The molecule has 110 valence electrons. The van der Waals surface area contributed by atoms with Gasteiger partial charge in [-0.15, -0.1) is 0 Å². The molecule has 1 unspecified atom stereocenters. The smallest absolute Gasteiger partial charge is 0.323 e. The Morgan fingerprint density at radius 3 is 2.63 bits per heavy atom. The summed E-state index contributed by atoms with van der Waals surface area (Å²) in [6, 6.07) is 0.491. The number of rotatable bonds is 5. The molecule has 2 aliphatic rings. The minimum Gasteiger partial charge on any atom is -0.480 e. The number of ether oxygens (including phenoxy) is 1. The van der Waals surface area contributed by atoms with E-state index in [1.54, 1.807) is 0 Å². The van der Waals surface area contributed by atoms with Gasteiger partial charge >= 0.3 is 5.97 Å². The van der Waals surface area contributed by atoms with Crippen LogP contribution in [0, 0.1) is 0 Å². The highest BCUT2D eigenvalue weighted by molar-refractivity contribution is 5.79. The van der Waals surface area contributed by atoms with E-state index in [1.807, 2.05) is 0 Å². The van der Waals surface area contributed by atoms with E-state index in [9.17, 15) is 9.90 Å². The molecule has 0 aromatic carbocycles.